The molecule has 0 spiro atoms. The number of hydrogen-bond donors (Lipinski definition) is 2. The summed E-state index contributed by atoms with van der Waals surface area (Å²) in [6.45, 7) is 0. The van der Waals surface area contributed by atoms with Crippen LogP contribution >= 0.6 is 11.8 Å². The second-order valence-electron chi connectivity index (χ2n) is 5.36. The van der Waals surface area contributed by atoms with Crippen LogP contribution in [0.1, 0.15) is 25.7 Å². The van der Waals surface area contributed by atoms with Crippen LogP contribution in [0.15, 0.2) is 0 Å². The van der Waals surface area contributed by atoms with Crippen molar-refractivity contribution in [3.05, 3.63) is 0 Å². The first-order chi connectivity index (χ1) is 8.02. The maximum Gasteiger partial charge on any atom is 0.314 e. The fraction of sp³-hybridized carbons (Fsp3) is 0.800. The fourth-order valence-electron chi connectivity index (χ4n) is 2.77. The van der Waals surface area contributed by atoms with Gasteiger partial charge in [-0.15, -0.1) is 0 Å². The highest BCUT2D eigenvalue weighted by Gasteiger charge is 2.59. The zero-order valence-corrected chi connectivity index (χ0v) is 11.2. The number of nitrogens with one attached hydrogen (secondary N) is 2. The predicted octanol–water partition coefficient (Wildman–Crippen LogP) is -1.17. The predicted molar refractivity (Wildman–Crippen MR) is 75.0 cm³/mol. The van der Waals surface area contributed by atoms with E-state index < -0.39 is 0 Å². The monoisotopic (exact) mass is 252 g/mol. The molecule has 0 aromatic rings. The third-order valence-corrected chi connectivity index (χ3v) is 6.02. The van der Waals surface area contributed by atoms with Crippen LogP contribution in [-0.4, -0.2) is 49.9 Å². The minimum Gasteiger partial charge on any atom is -0.338 e. The summed E-state index contributed by atoms with van der Waals surface area (Å²) in [7, 11) is 4.25. The van der Waals surface area contributed by atoms with E-state index in [1.54, 1.807) is 0 Å². The average molecular weight is 252 g/mol. The highest BCUT2D eigenvalue weighted by molar-refractivity contribution is 8.00. The summed E-state index contributed by atoms with van der Waals surface area (Å²) < 4.78 is 0. The number of fused-ring (bicyclic) bond motifs is 1. The molecule has 0 aromatic heterocycles. The largest absolute Gasteiger partial charge is 0.338 e. The standard InChI is InChI=1S/C10H18B2N2O2S/c11-9-6-17-7(4-2-1-3-5-15)10(9,12)14-8(16)13-9/h5,7H,1-4,6,11-12H2,(H2,13,14,16)/t7-,9-,10+/m1/s1. The summed E-state index contributed by atoms with van der Waals surface area (Å²) in [5.41, 5.74) is -0.292. The number of urea groups is 1. The van der Waals surface area contributed by atoms with E-state index in [-0.39, 0.29) is 16.9 Å². The van der Waals surface area contributed by atoms with Crippen LogP contribution in [0.4, 0.5) is 4.79 Å². The summed E-state index contributed by atoms with van der Waals surface area (Å²) in [4.78, 5) is 21.8. The molecule has 2 fully saturated rings. The van der Waals surface area contributed by atoms with Gasteiger partial charge in [0, 0.05) is 28.3 Å². The van der Waals surface area contributed by atoms with E-state index in [1.165, 1.54) is 0 Å². The topological polar surface area (TPSA) is 58.2 Å². The molecule has 2 aliphatic heterocycles. The third kappa shape index (κ3) is 2.09. The van der Waals surface area contributed by atoms with Crippen LogP contribution in [-0.2, 0) is 4.79 Å². The second kappa shape index (κ2) is 4.59. The van der Waals surface area contributed by atoms with Crippen molar-refractivity contribution in [3.8, 4) is 0 Å². The molecular weight excluding hydrogens is 234 g/mol. The van der Waals surface area contributed by atoms with E-state index in [2.05, 4.69) is 26.3 Å². The SMILES string of the molecule is B[C@@]12CS[C@H](CCCCC=O)[C@]1(B)NC(=O)N2. The van der Waals surface area contributed by atoms with Crippen molar-refractivity contribution in [1.82, 2.24) is 10.6 Å². The van der Waals surface area contributed by atoms with Gasteiger partial charge in [-0.25, -0.2) is 4.79 Å². The van der Waals surface area contributed by atoms with Gasteiger partial charge in [0.2, 0.25) is 0 Å². The number of hydrogen-bond acceptors (Lipinski definition) is 3. The molecule has 2 rings (SSSR count). The first-order valence-electron chi connectivity index (χ1n) is 6.17. The van der Waals surface area contributed by atoms with Crippen LogP contribution in [0.2, 0.25) is 0 Å². The normalized spacial score (nSPS) is 39.5. The third-order valence-electron chi connectivity index (χ3n) is 4.16. The Hall–Kier alpha value is -0.580. The molecular formula is C10H18B2N2O2S. The molecule has 2 N–H and O–H groups in total. The Bertz CT molecular complexity index is 344. The van der Waals surface area contributed by atoms with Gasteiger partial charge in [0.25, 0.3) is 0 Å². The molecule has 0 bridgehead atoms. The lowest BCUT2D eigenvalue weighted by Crippen LogP contribution is -2.63. The van der Waals surface area contributed by atoms with Gasteiger partial charge in [-0.05, 0) is 12.8 Å². The van der Waals surface area contributed by atoms with Crippen LogP contribution in [0.25, 0.3) is 0 Å². The number of rotatable bonds is 5. The molecule has 0 saturated carbocycles. The van der Waals surface area contributed by atoms with Gasteiger partial charge in [-0.1, -0.05) is 6.42 Å². The van der Waals surface area contributed by atoms with Gasteiger partial charge in [0.15, 0.2) is 0 Å². The van der Waals surface area contributed by atoms with Gasteiger partial charge in [0.1, 0.15) is 22.0 Å². The number of carbonyl (C=O) groups is 2. The molecule has 0 radical (unpaired) electrons. The number of thioether (sulfide) groups is 1. The number of aldehydes is 1. The molecule has 7 heteroatoms. The van der Waals surface area contributed by atoms with Crippen LogP contribution in [0.5, 0.6) is 0 Å². The lowest BCUT2D eigenvalue weighted by Gasteiger charge is -2.36. The smallest absolute Gasteiger partial charge is 0.314 e. The Kier molecular flexibility index (Phi) is 3.48. The Morgan fingerprint density at radius 2 is 2.18 bits per heavy atom. The molecule has 3 atom stereocenters. The number of carbonyl (C=O) groups excluding carboxylic acids is 2. The Labute approximate surface area is 108 Å². The first kappa shape index (κ1) is 12.9. The summed E-state index contributed by atoms with van der Waals surface area (Å²) in [6, 6.07) is -0.0480. The van der Waals surface area contributed by atoms with Crippen molar-refractivity contribution >= 4 is 39.8 Å². The number of amides is 2. The van der Waals surface area contributed by atoms with Crippen molar-refractivity contribution in [1.29, 1.82) is 0 Å². The van der Waals surface area contributed by atoms with Gasteiger partial charge < -0.3 is 15.4 Å². The van der Waals surface area contributed by atoms with Crippen molar-refractivity contribution in [2.75, 3.05) is 5.75 Å². The molecule has 92 valence electrons. The zero-order chi connectivity index (χ0) is 12.5. The summed E-state index contributed by atoms with van der Waals surface area (Å²) in [5.74, 6) is 0.959. The minimum absolute atomic E-state index is 0.0480. The van der Waals surface area contributed by atoms with Crippen molar-refractivity contribution < 1.29 is 9.59 Å². The molecule has 0 aromatic carbocycles. The lowest BCUT2D eigenvalue weighted by molar-refractivity contribution is -0.107. The van der Waals surface area contributed by atoms with E-state index in [1.807, 2.05) is 11.8 Å². The summed E-state index contributed by atoms with van der Waals surface area (Å²) >= 11 is 1.93. The van der Waals surface area contributed by atoms with Gasteiger partial charge in [-0.3, -0.25) is 0 Å². The van der Waals surface area contributed by atoms with Crippen LogP contribution in [0, 0.1) is 0 Å². The molecule has 0 unspecified atom stereocenters. The first-order valence-corrected chi connectivity index (χ1v) is 7.22. The van der Waals surface area contributed by atoms with E-state index >= 15 is 0 Å². The quantitative estimate of drug-likeness (QED) is 0.280. The van der Waals surface area contributed by atoms with E-state index in [0.717, 1.165) is 31.3 Å². The Morgan fingerprint density at radius 1 is 1.41 bits per heavy atom. The maximum absolute atomic E-state index is 11.5. The highest BCUT2D eigenvalue weighted by atomic mass is 32.2. The minimum atomic E-state index is -0.157. The molecule has 4 nitrogen and oxygen atoms in total. The van der Waals surface area contributed by atoms with Gasteiger partial charge >= 0.3 is 6.03 Å². The van der Waals surface area contributed by atoms with Crippen molar-refractivity contribution in [2.24, 2.45) is 0 Å². The highest BCUT2D eigenvalue weighted by Crippen LogP contribution is 2.44. The molecule has 2 saturated heterocycles. The molecule has 0 aliphatic carbocycles. The fourth-order valence-corrected chi connectivity index (χ4v) is 4.66. The van der Waals surface area contributed by atoms with Crippen LogP contribution in [0.3, 0.4) is 0 Å². The van der Waals surface area contributed by atoms with Crippen molar-refractivity contribution in [3.63, 3.8) is 0 Å². The molecule has 2 heterocycles. The molecule has 2 amide bonds. The van der Waals surface area contributed by atoms with Crippen molar-refractivity contribution in [2.45, 2.75) is 41.8 Å². The van der Waals surface area contributed by atoms with E-state index in [0.29, 0.717) is 11.7 Å². The Morgan fingerprint density at radius 3 is 2.88 bits per heavy atom. The average Bonchev–Trinajstić information content (AvgIpc) is 2.61. The lowest BCUT2D eigenvalue weighted by atomic mass is 9.54. The van der Waals surface area contributed by atoms with Crippen LogP contribution < -0.4 is 10.6 Å². The number of unbranched alkanes of at least 4 members (excludes halogenated alkanes) is 2. The zero-order valence-electron chi connectivity index (χ0n) is 10.4. The molecule has 17 heavy (non-hydrogen) atoms. The second-order valence-corrected chi connectivity index (χ2v) is 6.56. The van der Waals surface area contributed by atoms with Gasteiger partial charge in [-0.2, -0.15) is 11.8 Å². The Balaban J connectivity index is 1.96. The van der Waals surface area contributed by atoms with Gasteiger partial charge in [0.05, 0.1) is 0 Å². The van der Waals surface area contributed by atoms with E-state index in [4.69, 9.17) is 0 Å². The summed E-state index contributed by atoms with van der Waals surface area (Å²) in [5, 5.41) is 6.56. The maximum atomic E-state index is 11.5. The van der Waals surface area contributed by atoms with E-state index in [9.17, 15) is 9.59 Å². The molecule has 2 aliphatic rings. The summed E-state index contributed by atoms with van der Waals surface area (Å²) in [6.07, 6.45) is 4.70.